The third kappa shape index (κ3) is 4.62. The van der Waals surface area contributed by atoms with Gasteiger partial charge >= 0.3 is 12.3 Å². The van der Waals surface area contributed by atoms with Gasteiger partial charge in [-0.15, -0.1) is 13.2 Å². The molecule has 0 spiro atoms. The van der Waals surface area contributed by atoms with Crippen molar-refractivity contribution in [3.05, 3.63) is 22.2 Å². The van der Waals surface area contributed by atoms with Crippen molar-refractivity contribution in [2.45, 2.75) is 19.7 Å². The van der Waals surface area contributed by atoms with Crippen LogP contribution in [0.15, 0.2) is 16.6 Å². The van der Waals surface area contributed by atoms with Crippen LogP contribution in [0.3, 0.4) is 0 Å². The fourth-order valence-electron chi connectivity index (χ4n) is 1.38. The number of anilines is 1. The summed E-state index contributed by atoms with van der Waals surface area (Å²) < 4.78 is 45.8. The van der Waals surface area contributed by atoms with Crippen molar-refractivity contribution in [2.75, 3.05) is 12.3 Å². The van der Waals surface area contributed by atoms with E-state index in [4.69, 9.17) is 5.73 Å². The minimum absolute atomic E-state index is 0.00391. The van der Waals surface area contributed by atoms with E-state index in [1.165, 1.54) is 12.1 Å². The summed E-state index contributed by atoms with van der Waals surface area (Å²) in [5.41, 5.74) is 5.24. The van der Waals surface area contributed by atoms with Gasteiger partial charge in [0.1, 0.15) is 0 Å². The maximum Gasteiger partial charge on any atom is 0.573 e. The van der Waals surface area contributed by atoms with Crippen LogP contribution in [0.2, 0.25) is 0 Å². The lowest BCUT2D eigenvalue weighted by molar-refractivity contribution is -0.274. The quantitative estimate of drug-likeness (QED) is 0.675. The maximum atomic E-state index is 12.3. The van der Waals surface area contributed by atoms with Gasteiger partial charge in [-0.2, -0.15) is 0 Å². The first kappa shape index (κ1) is 15.6. The summed E-state index contributed by atoms with van der Waals surface area (Å²) >= 11 is 3.06. The Morgan fingerprint density at radius 3 is 2.58 bits per heavy atom. The fraction of sp³-hybridized carbons (Fsp3) is 0.364. The van der Waals surface area contributed by atoms with E-state index in [9.17, 15) is 18.0 Å². The molecule has 0 saturated carbocycles. The number of benzene rings is 1. The molecule has 4 nitrogen and oxygen atoms in total. The van der Waals surface area contributed by atoms with E-state index in [-0.39, 0.29) is 28.8 Å². The average Bonchev–Trinajstić information content (AvgIpc) is 2.27. The largest absolute Gasteiger partial charge is 0.573 e. The molecule has 0 aliphatic rings. The number of alkyl halides is 3. The molecule has 2 N–H and O–H groups in total. The van der Waals surface area contributed by atoms with E-state index < -0.39 is 18.1 Å². The van der Waals surface area contributed by atoms with Crippen molar-refractivity contribution < 1.29 is 27.4 Å². The van der Waals surface area contributed by atoms with Crippen LogP contribution < -0.4 is 10.5 Å². The van der Waals surface area contributed by atoms with Gasteiger partial charge in [0.05, 0.1) is 18.7 Å². The number of carbonyl (C=O) groups is 1. The molecule has 0 saturated heterocycles. The minimum Gasteiger partial charge on any atom is -0.466 e. The van der Waals surface area contributed by atoms with Gasteiger partial charge in [0.15, 0.2) is 5.75 Å². The third-order valence-electron chi connectivity index (χ3n) is 2.08. The highest BCUT2D eigenvalue weighted by Gasteiger charge is 2.34. The molecule has 0 fully saturated rings. The van der Waals surface area contributed by atoms with Gasteiger partial charge < -0.3 is 15.2 Å². The summed E-state index contributed by atoms with van der Waals surface area (Å²) in [6, 6.07) is 2.69. The molecule has 0 atom stereocenters. The van der Waals surface area contributed by atoms with Crippen molar-refractivity contribution in [3.63, 3.8) is 0 Å². The lowest BCUT2D eigenvalue weighted by atomic mass is 10.1. The van der Waals surface area contributed by atoms with E-state index in [0.29, 0.717) is 0 Å². The predicted molar refractivity (Wildman–Crippen MR) is 65.6 cm³/mol. The van der Waals surface area contributed by atoms with Gasteiger partial charge in [0.2, 0.25) is 0 Å². The predicted octanol–water partition coefficient (Wildman–Crippen LogP) is 3.04. The molecule has 0 bridgehead atoms. The van der Waals surface area contributed by atoms with Crippen LogP contribution in [0.5, 0.6) is 5.75 Å². The Hall–Kier alpha value is -1.44. The Morgan fingerprint density at radius 2 is 2.05 bits per heavy atom. The van der Waals surface area contributed by atoms with Gasteiger partial charge in [-0.05, 0) is 19.1 Å². The van der Waals surface area contributed by atoms with Gasteiger partial charge in [0.25, 0.3) is 0 Å². The Morgan fingerprint density at radius 1 is 1.42 bits per heavy atom. The normalized spacial score (nSPS) is 11.2. The smallest absolute Gasteiger partial charge is 0.466 e. The van der Waals surface area contributed by atoms with E-state index in [1.807, 2.05) is 0 Å². The molecule has 0 heterocycles. The number of hydrogen-bond donors (Lipinski definition) is 1. The van der Waals surface area contributed by atoms with Crippen LogP contribution in [-0.2, 0) is 16.0 Å². The lowest BCUT2D eigenvalue weighted by Crippen LogP contribution is -2.20. The van der Waals surface area contributed by atoms with Gasteiger partial charge in [-0.1, -0.05) is 15.9 Å². The van der Waals surface area contributed by atoms with Gasteiger partial charge in [-0.25, -0.2) is 0 Å². The summed E-state index contributed by atoms with van der Waals surface area (Å²) in [5, 5.41) is 0. The second-order valence-corrected chi connectivity index (χ2v) is 4.33. The van der Waals surface area contributed by atoms with Crippen molar-refractivity contribution >= 4 is 27.6 Å². The van der Waals surface area contributed by atoms with E-state index in [2.05, 4.69) is 25.4 Å². The monoisotopic (exact) mass is 341 g/mol. The molecule has 8 heteroatoms. The second kappa shape index (κ2) is 6.14. The van der Waals surface area contributed by atoms with Crippen LogP contribution in [-0.4, -0.2) is 18.9 Å². The Kier molecular flexibility index (Phi) is 5.04. The number of ether oxygens (including phenoxy) is 2. The van der Waals surface area contributed by atoms with Crippen molar-refractivity contribution in [2.24, 2.45) is 0 Å². The topological polar surface area (TPSA) is 61.5 Å². The zero-order chi connectivity index (χ0) is 14.6. The molecule has 1 rings (SSSR count). The highest BCUT2D eigenvalue weighted by molar-refractivity contribution is 9.10. The first-order valence-corrected chi connectivity index (χ1v) is 6.02. The maximum absolute atomic E-state index is 12.3. The fourth-order valence-corrected chi connectivity index (χ4v) is 1.83. The molecular formula is C11H11BrF3NO3. The number of hydrogen-bond acceptors (Lipinski definition) is 4. The Labute approximate surface area is 115 Å². The lowest BCUT2D eigenvalue weighted by Gasteiger charge is -2.16. The molecule has 0 aliphatic heterocycles. The number of rotatable bonds is 4. The molecule has 1 aromatic carbocycles. The van der Waals surface area contributed by atoms with E-state index in [1.54, 1.807) is 6.92 Å². The van der Waals surface area contributed by atoms with Crippen LogP contribution in [0.1, 0.15) is 12.5 Å². The summed E-state index contributed by atoms with van der Waals surface area (Å²) in [5.74, 6) is -1.25. The first-order chi connectivity index (χ1) is 8.74. The Bertz CT molecular complexity index is 477. The zero-order valence-electron chi connectivity index (χ0n) is 9.88. The summed E-state index contributed by atoms with van der Waals surface area (Å²) in [7, 11) is 0. The second-order valence-electron chi connectivity index (χ2n) is 3.47. The SMILES string of the molecule is CCOC(=O)Cc1c(Br)ccc(N)c1OC(F)(F)F. The number of esters is 1. The van der Waals surface area contributed by atoms with Crippen molar-refractivity contribution in [1.82, 2.24) is 0 Å². The zero-order valence-corrected chi connectivity index (χ0v) is 11.5. The molecule has 1 aromatic rings. The highest BCUT2D eigenvalue weighted by atomic mass is 79.9. The molecule has 106 valence electrons. The summed E-state index contributed by atoms with van der Waals surface area (Å²) in [6.45, 7) is 1.73. The highest BCUT2D eigenvalue weighted by Crippen LogP contribution is 2.36. The van der Waals surface area contributed by atoms with Crippen LogP contribution >= 0.6 is 15.9 Å². The molecule has 0 aromatic heterocycles. The van der Waals surface area contributed by atoms with Crippen molar-refractivity contribution in [1.29, 1.82) is 0 Å². The number of nitrogen functional groups attached to an aromatic ring is 1. The first-order valence-electron chi connectivity index (χ1n) is 5.22. The molecule has 0 unspecified atom stereocenters. The summed E-state index contributed by atoms with van der Waals surface area (Å²) in [6.07, 6.45) is -5.26. The minimum atomic E-state index is -4.89. The van der Waals surface area contributed by atoms with E-state index >= 15 is 0 Å². The summed E-state index contributed by atoms with van der Waals surface area (Å²) in [4.78, 5) is 11.4. The van der Waals surface area contributed by atoms with Crippen LogP contribution in [0.25, 0.3) is 0 Å². The van der Waals surface area contributed by atoms with Crippen LogP contribution in [0.4, 0.5) is 18.9 Å². The van der Waals surface area contributed by atoms with Gasteiger partial charge in [-0.3, -0.25) is 4.79 Å². The average molecular weight is 342 g/mol. The third-order valence-corrected chi connectivity index (χ3v) is 2.82. The van der Waals surface area contributed by atoms with Crippen LogP contribution in [0, 0.1) is 0 Å². The number of carbonyl (C=O) groups excluding carboxylic acids is 1. The number of halogens is 4. The van der Waals surface area contributed by atoms with Crippen molar-refractivity contribution in [3.8, 4) is 5.75 Å². The van der Waals surface area contributed by atoms with Gasteiger partial charge in [0, 0.05) is 10.0 Å². The molecule has 0 amide bonds. The standard InChI is InChI=1S/C11H11BrF3NO3/c1-2-18-9(17)5-6-7(12)3-4-8(16)10(6)19-11(13,14)15/h3-4H,2,5,16H2,1H3. The molecule has 19 heavy (non-hydrogen) atoms. The number of nitrogens with two attached hydrogens (primary N) is 1. The molecular weight excluding hydrogens is 331 g/mol. The Balaban J connectivity index is 3.13. The molecule has 0 radical (unpaired) electrons. The molecule has 0 aliphatic carbocycles. The van der Waals surface area contributed by atoms with E-state index in [0.717, 1.165) is 0 Å².